The van der Waals surface area contributed by atoms with Gasteiger partial charge in [-0.05, 0) is 55.7 Å². The molecule has 0 N–H and O–H groups in total. The number of piperazine rings is 1. The fourth-order valence-corrected chi connectivity index (χ4v) is 6.96. The van der Waals surface area contributed by atoms with E-state index in [1.54, 1.807) is 4.90 Å². The van der Waals surface area contributed by atoms with E-state index in [-0.39, 0.29) is 29.5 Å². The largest absolute Gasteiger partial charge is 0.306 e. The Morgan fingerprint density at radius 2 is 1.79 bits per heavy atom. The Morgan fingerprint density at radius 3 is 2.45 bits per heavy atom. The number of hydrogen-bond donors (Lipinski definition) is 0. The van der Waals surface area contributed by atoms with Crippen LogP contribution in [0.4, 0.5) is 5.69 Å². The molecule has 4 rings (SSSR count). The van der Waals surface area contributed by atoms with Gasteiger partial charge in [-0.3, -0.25) is 9.69 Å². The van der Waals surface area contributed by atoms with Crippen LogP contribution < -0.4 is 4.90 Å². The van der Waals surface area contributed by atoms with E-state index in [1.807, 2.05) is 24.3 Å². The molecule has 29 heavy (non-hydrogen) atoms. The van der Waals surface area contributed by atoms with Crippen LogP contribution in [0, 0.1) is 0 Å². The highest BCUT2D eigenvalue weighted by Gasteiger charge is 2.49. The molecule has 2 heterocycles. The van der Waals surface area contributed by atoms with Gasteiger partial charge in [0, 0.05) is 18.3 Å². The second-order valence-corrected chi connectivity index (χ2v) is 11.2. The molecule has 5 nitrogen and oxygen atoms in total. The highest BCUT2D eigenvalue weighted by molar-refractivity contribution is 7.91. The van der Waals surface area contributed by atoms with Crippen LogP contribution >= 0.6 is 0 Å². The van der Waals surface area contributed by atoms with E-state index in [1.165, 1.54) is 24.0 Å². The molecule has 0 aromatic heterocycles. The summed E-state index contributed by atoms with van der Waals surface area (Å²) in [6.45, 7) is 5.35. The maximum atomic E-state index is 13.1. The molecule has 1 aliphatic carbocycles. The van der Waals surface area contributed by atoms with E-state index in [4.69, 9.17) is 0 Å². The van der Waals surface area contributed by atoms with Crippen molar-refractivity contribution in [1.82, 2.24) is 4.90 Å². The molecule has 2 saturated heterocycles. The summed E-state index contributed by atoms with van der Waals surface area (Å²) in [6.07, 6.45) is 8.07. The topological polar surface area (TPSA) is 57.7 Å². The lowest BCUT2D eigenvalue weighted by atomic mass is 9.96. The maximum absolute atomic E-state index is 13.1. The highest BCUT2D eigenvalue weighted by Crippen LogP contribution is 2.33. The number of amides is 1. The lowest BCUT2D eigenvalue weighted by molar-refractivity contribution is -0.123. The predicted molar refractivity (Wildman–Crippen MR) is 117 cm³/mol. The number of carbonyl (C=O) groups excluding carboxylic acids is 1. The maximum Gasteiger partial charge on any atom is 0.241 e. The smallest absolute Gasteiger partial charge is 0.241 e. The number of rotatable bonds is 5. The molecule has 2 fully saturated rings. The van der Waals surface area contributed by atoms with Crippen LogP contribution in [-0.2, 0) is 14.6 Å². The zero-order valence-electron chi connectivity index (χ0n) is 17.5. The normalized spacial score (nSPS) is 27.2. The summed E-state index contributed by atoms with van der Waals surface area (Å²) in [5, 5.41) is 0. The van der Waals surface area contributed by atoms with Gasteiger partial charge in [0.05, 0.1) is 24.1 Å². The Bertz CT molecular complexity index is 889. The van der Waals surface area contributed by atoms with Gasteiger partial charge < -0.3 is 4.90 Å². The summed E-state index contributed by atoms with van der Waals surface area (Å²) in [5.74, 6) is 0.655. The first-order valence-corrected chi connectivity index (χ1v) is 12.7. The standard InChI is InChI=1S/C23H32N2O3S/c1-17(2)19-8-10-20(11-9-19)25-22-16-29(27,28)15-21(22)24(14-23(25)26)13-12-18-6-4-3-5-7-18/h6,8-11,17,21-22H,3-5,7,12-16H2,1-2H3/t21-,22+/m0/s1. The minimum Gasteiger partial charge on any atom is -0.306 e. The van der Waals surface area contributed by atoms with Gasteiger partial charge in [0.1, 0.15) is 0 Å². The second kappa shape index (κ2) is 8.23. The quantitative estimate of drug-likeness (QED) is 0.689. The highest BCUT2D eigenvalue weighted by atomic mass is 32.2. The molecule has 0 bridgehead atoms. The third-order valence-corrected chi connectivity index (χ3v) is 8.34. The lowest BCUT2D eigenvalue weighted by Gasteiger charge is -2.43. The minimum atomic E-state index is -3.14. The molecule has 1 amide bonds. The van der Waals surface area contributed by atoms with Crippen LogP contribution in [0.1, 0.15) is 57.4 Å². The molecule has 1 aromatic rings. The van der Waals surface area contributed by atoms with Gasteiger partial charge in [0.2, 0.25) is 5.91 Å². The lowest BCUT2D eigenvalue weighted by Crippen LogP contribution is -2.62. The van der Waals surface area contributed by atoms with Gasteiger partial charge in [-0.1, -0.05) is 37.6 Å². The van der Waals surface area contributed by atoms with E-state index in [2.05, 4.69) is 24.8 Å². The fourth-order valence-electron chi connectivity index (χ4n) is 4.98. The molecule has 2 aliphatic heterocycles. The number of anilines is 1. The Hall–Kier alpha value is -1.66. The van der Waals surface area contributed by atoms with Gasteiger partial charge in [-0.15, -0.1) is 0 Å². The monoisotopic (exact) mass is 416 g/mol. The van der Waals surface area contributed by atoms with Crippen LogP contribution in [0.3, 0.4) is 0 Å². The van der Waals surface area contributed by atoms with E-state index in [9.17, 15) is 13.2 Å². The third-order valence-electron chi connectivity index (χ3n) is 6.64. The van der Waals surface area contributed by atoms with E-state index in [0.29, 0.717) is 12.5 Å². The molecule has 0 unspecified atom stereocenters. The van der Waals surface area contributed by atoms with Crippen molar-refractivity contribution in [3.63, 3.8) is 0 Å². The Kier molecular flexibility index (Phi) is 5.85. The first-order chi connectivity index (χ1) is 13.8. The molecule has 0 radical (unpaired) electrons. The average molecular weight is 417 g/mol. The number of benzene rings is 1. The van der Waals surface area contributed by atoms with Crippen LogP contribution in [0.5, 0.6) is 0 Å². The summed E-state index contributed by atoms with van der Waals surface area (Å²) in [6, 6.07) is 7.65. The summed E-state index contributed by atoms with van der Waals surface area (Å²) in [7, 11) is -3.14. The molecule has 2 atom stereocenters. The SMILES string of the molecule is CC(C)c1ccc(N2C(=O)CN(CCC3=CCCCC3)[C@H]3CS(=O)(=O)C[C@H]32)cc1. The molecular formula is C23H32N2O3S. The van der Waals surface area contributed by atoms with Crippen molar-refractivity contribution in [2.75, 3.05) is 29.5 Å². The van der Waals surface area contributed by atoms with Gasteiger partial charge in [-0.25, -0.2) is 8.42 Å². The number of sulfone groups is 1. The van der Waals surface area contributed by atoms with Gasteiger partial charge in [0.25, 0.3) is 0 Å². The Labute approximate surface area is 174 Å². The number of fused-ring (bicyclic) bond motifs is 1. The molecule has 1 aromatic carbocycles. The first-order valence-electron chi connectivity index (χ1n) is 10.9. The van der Waals surface area contributed by atoms with Crippen LogP contribution in [0.2, 0.25) is 0 Å². The number of allylic oxidation sites excluding steroid dienone is 1. The van der Waals surface area contributed by atoms with Crippen molar-refractivity contribution in [2.45, 2.75) is 64.0 Å². The van der Waals surface area contributed by atoms with E-state index < -0.39 is 9.84 Å². The summed E-state index contributed by atoms with van der Waals surface area (Å²) in [5.41, 5.74) is 3.50. The van der Waals surface area contributed by atoms with Crippen molar-refractivity contribution in [2.24, 2.45) is 0 Å². The molecule has 0 saturated carbocycles. The fraction of sp³-hybridized carbons (Fsp3) is 0.609. The molecular weight excluding hydrogens is 384 g/mol. The zero-order chi connectivity index (χ0) is 20.6. The van der Waals surface area contributed by atoms with Crippen LogP contribution in [0.25, 0.3) is 0 Å². The average Bonchev–Trinajstić information content (AvgIpc) is 3.02. The van der Waals surface area contributed by atoms with Crippen LogP contribution in [-0.4, -0.2) is 55.9 Å². The van der Waals surface area contributed by atoms with Gasteiger partial charge in [0.15, 0.2) is 9.84 Å². The zero-order valence-corrected chi connectivity index (χ0v) is 18.3. The second-order valence-electron chi connectivity index (χ2n) is 9.05. The number of nitrogens with zero attached hydrogens (tertiary/aromatic N) is 2. The number of carbonyl (C=O) groups is 1. The first kappa shape index (κ1) is 20.6. The third kappa shape index (κ3) is 4.43. The van der Waals surface area contributed by atoms with Crippen molar-refractivity contribution in [3.8, 4) is 0 Å². The van der Waals surface area contributed by atoms with Gasteiger partial charge >= 0.3 is 0 Å². The van der Waals surface area contributed by atoms with Crippen molar-refractivity contribution in [3.05, 3.63) is 41.5 Å². The van der Waals surface area contributed by atoms with Crippen molar-refractivity contribution in [1.29, 1.82) is 0 Å². The van der Waals surface area contributed by atoms with Gasteiger partial charge in [-0.2, -0.15) is 0 Å². The Balaban J connectivity index is 1.55. The van der Waals surface area contributed by atoms with Crippen LogP contribution in [0.15, 0.2) is 35.9 Å². The van der Waals surface area contributed by atoms with E-state index in [0.717, 1.165) is 31.5 Å². The van der Waals surface area contributed by atoms with Crippen molar-refractivity contribution < 1.29 is 13.2 Å². The molecule has 3 aliphatic rings. The summed E-state index contributed by atoms with van der Waals surface area (Å²) < 4.78 is 25.0. The molecule has 158 valence electrons. The number of hydrogen-bond acceptors (Lipinski definition) is 4. The summed E-state index contributed by atoms with van der Waals surface area (Å²) in [4.78, 5) is 17.0. The predicted octanol–water partition coefficient (Wildman–Crippen LogP) is 3.51. The molecule has 6 heteroatoms. The van der Waals surface area contributed by atoms with E-state index >= 15 is 0 Å². The minimum absolute atomic E-state index is 0.0123. The summed E-state index contributed by atoms with van der Waals surface area (Å²) >= 11 is 0. The van der Waals surface area contributed by atoms with Crippen molar-refractivity contribution >= 4 is 21.4 Å². The molecule has 0 spiro atoms. The Morgan fingerprint density at radius 1 is 1.07 bits per heavy atom.